The summed E-state index contributed by atoms with van der Waals surface area (Å²) in [6.45, 7) is 5.32. The van der Waals surface area contributed by atoms with Gasteiger partial charge in [-0.2, -0.15) is 5.26 Å². The van der Waals surface area contributed by atoms with E-state index in [1.165, 1.54) is 6.08 Å². The SMILES string of the molecule is C=CCN1C(=O)N[C@](C)(c2cccc(C#N)c2)C1=O. The second kappa shape index (κ2) is 4.58. The molecular weight excluding hydrogens is 242 g/mol. The summed E-state index contributed by atoms with van der Waals surface area (Å²) in [5.74, 6) is -0.340. The van der Waals surface area contributed by atoms with E-state index in [1.54, 1.807) is 31.2 Å². The van der Waals surface area contributed by atoms with E-state index in [4.69, 9.17) is 5.26 Å². The summed E-state index contributed by atoms with van der Waals surface area (Å²) in [5.41, 5.74) is -0.0909. The van der Waals surface area contributed by atoms with Gasteiger partial charge >= 0.3 is 6.03 Å². The summed E-state index contributed by atoms with van der Waals surface area (Å²) in [5, 5.41) is 11.6. The van der Waals surface area contributed by atoms with E-state index in [1.807, 2.05) is 6.07 Å². The fourth-order valence-corrected chi connectivity index (χ4v) is 2.09. The van der Waals surface area contributed by atoms with Gasteiger partial charge in [0.25, 0.3) is 5.91 Å². The number of amides is 3. The van der Waals surface area contributed by atoms with Crippen molar-refractivity contribution in [2.24, 2.45) is 0 Å². The van der Waals surface area contributed by atoms with Gasteiger partial charge in [-0.3, -0.25) is 9.69 Å². The fraction of sp³-hybridized carbons (Fsp3) is 0.214. The Kier molecular flexibility index (Phi) is 3.09. The highest BCUT2D eigenvalue weighted by Crippen LogP contribution is 2.29. The van der Waals surface area contributed by atoms with E-state index in [0.29, 0.717) is 11.1 Å². The molecule has 1 aromatic rings. The van der Waals surface area contributed by atoms with Gasteiger partial charge in [-0.1, -0.05) is 18.2 Å². The van der Waals surface area contributed by atoms with Crippen LogP contribution in [-0.2, 0) is 10.3 Å². The minimum Gasteiger partial charge on any atom is -0.319 e. The number of nitriles is 1. The molecule has 0 unspecified atom stereocenters. The lowest BCUT2D eigenvalue weighted by Crippen LogP contribution is -2.41. The smallest absolute Gasteiger partial charge is 0.319 e. The van der Waals surface area contributed by atoms with Crippen molar-refractivity contribution in [3.8, 4) is 6.07 Å². The van der Waals surface area contributed by atoms with Crippen molar-refractivity contribution in [1.29, 1.82) is 5.26 Å². The number of urea groups is 1. The largest absolute Gasteiger partial charge is 0.325 e. The molecule has 0 radical (unpaired) electrons. The number of nitrogens with one attached hydrogen (secondary N) is 1. The third-order valence-corrected chi connectivity index (χ3v) is 3.16. The van der Waals surface area contributed by atoms with Gasteiger partial charge in [0.2, 0.25) is 0 Å². The molecule has 1 aliphatic heterocycles. The van der Waals surface area contributed by atoms with E-state index in [2.05, 4.69) is 11.9 Å². The number of imide groups is 1. The van der Waals surface area contributed by atoms with Crippen molar-refractivity contribution in [1.82, 2.24) is 10.2 Å². The average molecular weight is 255 g/mol. The lowest BCUT2D eigenvalue weighted by atomic mass is 9.91. The van der Waals surface area contributed by atoms with Gasteiger partial charge in [0, 0.05) is 6.54 Å². The van der Waals surface area contributed by atoms with Crippen LogP contribution in [0.5, 0.6) is 0 Å². The summed E-state index contributed by atoms with van der Waals surface area (Å²) in [6.07, 6.45) is 1.49. The normalized spacial score (nSPS) is 22.0. The van der Waals surface area contributed by atoms with Crippen LogP contribution < -0.4 is 5.32 Å². The van der Waals surface area contributed by atoms with Crippen LogP contribution in [-0.4, -0.2) is 23.4 Å². The maximum Gasteiger partial charge on any atom is 0.325 e. The first kappa shape index (κ1) is 12.8. The molecule has 5 nitrogen and oxygen atoms in total. The summed E-state index contributed by atoms with van der Waals surface area (Å²) >= 11 is 0. The number of carbonyl (C=O) groups excluding carboxylic acids is 2. The Morgan fingerprint density at radius 3 is 2.89 bits per heavy atom. The quantitative estimate of drug-likeness (QED) is 0.657. The van der Waals surface area contributed by atoms with Crippen LogP contribution in [0.2, 0.25) is 0 Å². The topological polar surface area (TPSA) is 73.2 Å². The van der Waals surface area contributed by atoms with Gasteiger partial charge in [0.05, 0.1) is 11.6 Å². The maximum absolute atomic E-state index is 12.3. The van der Waals surface area contributed by atoms with E-state index in [0.717, 1.165) is 4.90 Å². The molecule has 0 bridgehead atoms. The number of nitrogens with zero attached hydrogens (tertiary/aromatic N) is 2. The zero-order valence-corrected chi connectivity index (χ0v) is 10.5. The molecule has 5 heteroatoms. The molecule has 1 fully saturated rings. The molecule has 1 aliphatic rings. The molecule has 3 amide bonds. The number of carbonyl (C=O) groups is 2. The maximum atomic E-state index is 12.3. The first-order valence-electron chi connectivity index (χ1n) is 5.78. The standard InChI is InChI=1S/C14H13N3O2/c1-3-7-17-12(18)14(2,16-13(17)19)11-6-4-5-10(8-11)9-15/h3-6,8H,1,7H2,2H3,(H,16,19)/t14-/m1/s1. The Labute approximate surface area is 111 Å². The third-order valence-electron chi connectivity index (χ3n) is 3.16. The number of rotatable bonds is 3. The molecule has 2 rings (SSSR count). The Morgan fingerprint density at radius 1 is 1.53 bits per heavy atom. The van der Waals surface area contributed by atoms with Crippen molar-refractivity contribution < 1.29 is 9.59 Å². The van der Waals surface area contributed by atoms with Crippen LogP contribution in [0.3, 0.4) is 0 Å². The molecule has 0 saturated carbocycles. The van der Waals surface area contributed by atoms with E-state index < -0.39 is 11.6 Å². The monoisotopic (exact) mass is 255 g/mol. The summed E-state index contributed by atoms with van der Waals surface area (Å²) in [7, 11) is 0. The van der Waals surface area contributed by atoms with Crippen molar-refractivity contribution in [3.63, 3.8) is 0 Å². The van der Waals surface area contributed by atoms with Crippen molar-refractivity contribution in [2.45, 2.75) is 12.5 Å². The summed E-state index contributed by atoms with van der Waals surface area (Å²) in [4.78, 5) is 25.2. The predicted octanol–water partition coefficient (Wildman–Crippen LogP) is 1.51. The minimum atomic E-state index is -1.13. The lowest BCUT2D eigenvalue weighted by Gasteiger charge is -2.22. The third kappa shape index (κ3) is 1.97. The second-order valence-electron chi connectivity index (χ2n) is 4.45. The van der Waals surface area contributed by atoms with Crippen LogP contribution in [0, 0.1) is 11.3 Å². The van der Waals surface area contributed by atoms with E-state index in [-0.39, 0.29) is 12.5 Å². The highest BCUT2D eigenvalue weighted by molar-refractivity contribution is 6.07. The number of benzene rings is 1. The van der Waals surface area contributed by atoms with Gasteiger partial charge in [-0.05, 0) is 24.6 Å². The Balaban J connectivity index is 2.43. The predicted molar refractivity (Wildman–Crippen MR) is 69.0 cm³/mol. The number of hydrogen-bond donors (Lipinski definition) is 1. The van der Waals surface area contributed by atoms with Gasteiger partial charge in [0.1, 0.15) is 5.54 Å². The molecular formula is C14H13N3O2. The Hall–Kier alpha value is -2.61. The van der Waals surface area contributed by atoms with Gasteiger partial charge in [-0.25, -0.2) is 4.79 Å². The highest BCUT2D eigenvalue weighted by atomic mass is 16.2. The van der Waals surface area contributed by atoms with Crippen LogP contribution in [0.15, 0.2) is 36.9 Å². The van der Waals surface area contributed by atoms with Crippen molar-refractivity contribution in [2.75, 3.05) is 6.54 Å². The van der Waals surface area contributed by atoms with Crippen LogP contribution in [0.4, 0.5) is 4.79 Å². The molecule has 0 aliphatic carbocycles. The first-order chi connectivity index (χ1) is 9.02. The zero-order valence-electron chi connectivity index (χ0n) is 10.5. The van der Waals surface area contributed by atoms with Gasteiger partial charge < -0.3 is 5.32 Å². The van der Waals surface area contributed by atoms with Crippen molar-refractivity contribution >= 4 is 11.9 Å². The second-order valence-corrected chi connectivity index (χ2v) is 4.45. The molecule has 1 heterocycles. The average Bonchev–Trinajstić information content (AvgIpc) is 2.64. The number of hydrogen-bond acceptors (Lipinski definition) is 3. The van der Waals surface area contributed by atoms with Crippen LogP contribution in [0.25, 0.3) is 0 Å². The first-order valence-corrected chi connectivity index (χ1v) is 5.78. The molecule has 1 saturated heterocycles. The molecule has 96 valence electrons. The molecule has 1 aromatic carbocycles. The molecule has 0 aromatic heterocycles. The van der Waals surface area contributed by atoms with Gasteiger partial charge in [0.15, 0.2) is 0 Å². The molecule has 1 atom stereocenters. The fourth-order valence-electron chi connectivity index (χ4n) is 2.09. The van der Waals surface area contributed by atoms with Gasteiger partial charge in [-0.15, -0.1) is 6.58 Å². The molecule has 19 heavy (non-hydrogen) atoms. The summed E-state index contributed by atoms with van der Waals surface area (Å²) in [6, 6.07) is 8.23. The minimum absolute atomic E-state index is 0.165. The van der Waals surface area contributed by atoms with E-state index >= 15 is 0 Å². The lowest BCUT2D eigenvalue weighted by molar-refractivity contribution is -0.130. The molecule has 1 N–H and O–H groups in total. The zero-order chi connectivity index (χ0) is 14.0. The van der Waals surface area contributed by atoms with Crippen molar-refractivity contribution in [3.05, 3.63) is 48.0 Å². The Morgan fingerprint density at radius 2 is 2.26 bits per heavy atom. The van der Waals surface area contributed by atoms with Crippen LogP contribution >= 0.6 is 0 Å². The summed E-state index contributed by atoms with van der Waals surface area (Å²) < 4.78 is 0. The molecule has 0 spiro atoms. The Bertz CT molecular complexity index is 603. The highest BCUT2D eigenvalue weighted by Gasteiger charge is 2.48. The van der Waals surface area contributed by atoms with Crippen LogP contribution in [0.1, 0.15) is 18.1 Å². The van der Waals surface area contributed by atoms with E-state index in [9.17, 15) is 9.59 Å².